The van der Waals surface area contributed by atoms with Crippen molar-refractivity contribution in [1.82, 2.24) is 14.8 Å². The number of aromatic nitrogens is 1. The molecule has 1 saturated heterocycles. The molecule has 1 aromatic heterocycles. The van der Waals surface area contributed by atoms with Crippen LogP contribution in [0, 0.1) is 13.8 Å². The van der Waals surface area contributed by atoms with E-state index in [1.165, 1.54) is 11.1 Å². The lowest BCUT2D eigenvalue weighted by Gasteiger charge is -2.32. The molecule has 1 aromatic carbocycles. The van der Waals surface area contributed by atoms with Gasteiger partial charge in [0.05, 0.1) is 17.4 Å². The van der Waals surface area contributed by atoms with Crippen LogP contribution in [0.3, 0.4) is 0 Å². The number of hydrogen-bond donors (Lipinski definition) is 1. The third-order valence-corrected chi connectivity index (χ3v) is 4.29. The normalized spacial score (nSPS) is 15.4. The number of piperazine rings is 1. The molecule has 126 valence electrons. The van der Waals surface area contributed by atoms with Crippen molar-refractivity contribution in [3.05, 3.63) is 53.3 Å². The van der Waals surface area contributed by atoms with E-state index in [-0.39, 0.29) is 5.91 Å². The van der Waals surface area contributed by atoms with Gasteiger partial charge in [-0.2, -0.15) is 0 Å². The number of carbonyl (C=O) groups is 1. The van der Waals surface area contributed by atoms with Gasteiger partial charge in [0.2, 0.25) is 0 Å². The van der Waals surface area contributed by atoms with Gasteiger partial charge in [-0.25, -0.2) is 0 Å². The van der Waals surface area contributed by atoms with Crippen molar-refractivity contribution in [2.45, 2.75) is 13.8 Å². The third kappa shape index (κ3) is 3.92. The monoisotopic (exact) mass is 324 g/mol. The van der Waals surface area contributed by atoms with Gasteiger partial charge in [0.25, 0.3) is 5.91 Å². The highest BCUT2D eigenvalue weighted by Crippen LogP contribution is 2.20. The largest absolute Gasteiger partial charge is 0.354 e. The molecule has 0 aliphatic carbocycles. The second-order valence-corrected chi connectivity index (χ2v) is 6.56. The third-order valence-electron chi connectivity index (χ3n) is 4.29. The zero-order valence-corrected chi connectivity index (χ0v) is 14.5. The predicted molar refractivity (Wildman–Crippen MR) is 96.8 cm³/mol. The summed E-state index contributed by atoms with van der Waals surface area (Å²) in [4.78, 5) is 21.0. The smallest absolute Gasteiger partial charge is 0.255 e. The molecule has 1 N–H and O–H groups in total. The highest BCUT2D eigenvalue weighted by atomic mass is 16.2. The first-order valence-electron chi connectivity index (χ1n) is 8.29. The van der Waals surface area contributed by atoms with Gasteiger partial charge in [0, 0.05) is 38.1 Å². The molecule has 0 spiro atoms. The topological polar surface area (TPSA) is 48.5 Å². The maximum Gasteiger partial charge on any atom is 0.255 e. The average molecular weight is 324 g/mol. The minimum absolute atomic E-state index is 0.0553. The lowest BCUT2D eigenvalue weighted by Crippen LogP contribution is -2.47. The van der Waals surface area contributed by atoms with Crippen LogP contribution in [0.25, 0.3) is 0 Å². The number of aryl methyl sites for hydroxylation is 2. The molecule has 1 aliphatic rings. The summed E-state index contributed by atoms with van der Waals surface area (Å²) in [6.45, 7) is 7.51. The van der Waals surface area contributed by atoms with Gasteiger partial charge in [-0.05, 0) is 50.2 Å². The highest BCUT2D eigenvalue weighted by molar-refractivity contribution is 5.95. The first-order chi connectivity index (χ1) is 11.5. The summed E-state index contributed by atoms with van der Waals surface area (Å²) in [5.74, 6) is 0.0553. The molecule has 24 heavy (non-hydrogen) atoms. The number of hydrogen-bond acceptors (Lipinski definition) is 4. The van der Waals surface area contributed by atoms with E-state index in [1.807, 2.05) is 11.0 Å². The average Bonchev–Trinajstić information content (AvgIpc) is 2.54. The van der Waals surface area contributed by atoms with Crippen LogP contribution in [0.5, 0.6) is 0 Å². The molecule has 1 aliphatic heterocycles. The number of benzene rings is 1. The van der Waals surface area contributed by atoms with Crippen molar-refractivity contribution in [3.63, 3.8) is 0 Å². The Hall–Kier alpha value is -2.40. The summed E-state index contributed by atoms with van der Waals surface area (Å²) in [5.41, 5.74) is 4.89. The summed E-state index contributed by atoms with van der Waals surface area (Å²) in [7, 11) is 2.08. The number of nitrogens with zero attached hydrogens (tertiary/aromatic N) is 3. The molecular weight excluding hydrogens is 300 g/mol. The van der Waals surface area contributed by atoms with Crippen LogP contribution < -0.4 is 5.32 Å². The fraction of sp³-hybridized carbons (Fsp3) is 0.368. The highest BCUT2D eigenvalue weighted by Gasteiger charge is 2.20. The van der Waals surface area contributed by atoms with Crippen molar-refractivity contribution in [3.8, 4) is 0 Å². The Morgan fingerprint density at radius 1 is 0.958 bits per heavy atom. The van der Waals surface area contributed by atoms with Crippen LogP contribution in [0.15, 0.2) is 36.7 Å². The Kier molecular flexibility index (Phi) is 4.81. The first kappa shape index (κ1) is 16.5. The molecule has 5 heteroatoms. The Morgan fingerprint density at radius 2 is 1.62 bits per heavy atom. The van der Waals surface area contributed by atoms with Crippen LogP contribution in [-0.2, 0) is 0 Å². The molecule has 5 nitrogen and oxygen atoms in total. The quantitative estimate of drug-likeness (QED) is 0.943. The number of carbonyl (C=O) groups excluding carboxylic acids is 1. The summed E-state index contributed by atoms with van der Waals surface area (Å²) in [5, 5.41) is 3.35. The zero-order valence-electron chi connectivity index (χ0n) is 14.5. The first-order valence-corrected chi connectivity index (χ1v) is 8.29. The minimum atomic E-state index is 0.0553. The molecule has 1 fully saturated rings. The summed E-state index contributed by atoms with van der Waals surface area (Å²) in [6, 6.07) is 8.19. The van der Waals surface area contributed by atoms with Crippen molar-refractivity contribution in [1.29, 1.82) is 0 Å². The number of amides is 1. The maximum absolute atomic E-state index is 12.7. The molecule has 2 heterocycles. The number of pyridine rings is 1. The van der Waals surface area contributed by atoms with Crippen LogP contribution in [-0.4, -0.2) is 53.9 Å². The Bertz CT molecular complexity index is 716. The van der Waals surface area contributed by atoms with Gasteiger partial charge >= 0.3 is 0 Å². The maximum atomic E-state index is 12.7. The lowest BCUT2D eigenvalue weighted by atomic mass is 10.1. The standard InChI is InChI=1S/C19H24N4O/c1-14-8-15(2)10-17(9-14)21-18-11-16(12-20-13-18)19(24)23-6-4-22(3)5-7-23/h8-13,21H,4-7H2,1-3H3. The molecule has 0 unspecified atom stereocenters. The minimum Gasteiger partial charge on any atom is -0.354 e. The Labute approximate surface area is 143 Å². The molecule has 0 atom stereocenters. The molecular formula is C19H24N4O. The van der Waals surface area contributed by atoms with Crippen molar-refractivity contribution < 1.29 is 4.79 Å². The Balaban J connectivity index is 1.75. The van der Waals surface area contributed by atoms with E-state index in [0.29, 0.717) is 5.56 Å². The molecule has 1 amide bonds. The number of rotatable bonds is 3. The second kappa shape index (κ2) is 7.01. The van der Waals surface area contributed by atoms with E-state index < -0.39 is 0 Å². The van der Waals surface area contributed by atoms with Crippen molar-refractivity contribution in [2.75, 3.05) is 38.5 Å². The van der Waals surface area contributed by atoms with Crippen LogP contribution >= 0.6 is 0 Å². The number of likely N-dealkylation sites (N-methyl/N-ethyl adjacent to an activating group) is 1. The lowest BCUT2D eigenvalue weighted by molar-refractivity contribution is 0.0663. The fourth-order valence-electron chi connectivity index (χ4n) is 3.03. The van der Waals surface area contributed by atoms with E-state index in [9.17, 15) is 4.79 Å². The van der Waals surface area contributed by atoms with Crippen molar-refractivity contribution in [2.24, 2.45) is 0 Å². The van der Waals surface area contributed by atoms with Crippen molar-refractivity contribution >= 4 is 17.3 Å². The molecule has 0 bridgehead atoms. The second-order valence-electron chi connectivity index (χ2n) is 6.56. The molecule has 3 rings (SSSR count). The predicted octanol–water partition coefficient (Wildman–Crippen LogP) is 2.83. The van der Waals surface area contributed by atoms with E-state index >= 15 is 0 Å². The van der Waals surface area contributed by atoms with Gasteiger partial charge in [-0.3, -0.25) is 9.78 Å². The van der Waals surface area contributed by atoms with Gasteiger partial charge < -0.3 is 15.1 Å². The van der Waals surface area contributed by atoms with Gasteiger partial charge in [-0.1, -0.05) is 6.07 Å². The molecule has 2 aromatic rings. The van der Waals surface area contributed by atoms with Crippen LogP contribution in [0.4, 0.5) is 11.4 Å². The van der Waals surface area contributed by atoms with Crippen LogP contribution in [0.2, 0.25) is 0 Å². The molecule has 0 saturated carbocycles. The fourth-order valence-corrected chi connectivity index (χ4v) is 3.03. The van der Waals surface area contributed by atoms with E-state index in [2.05, 4.69) is 54.3 Å². The van der Waals surface area contributed by atoms with E-state index in [0.717, 1.165) is 37.6 Å². The summed E-state index contributed by atoms with van der Waals surface area (Å²) >= 11 is 0. The zero-order chi connectivity index (χ0) is 17.1. The molecule has 0 radical (unpaired) electrons. The van der Waals surface area contributed by atoms with Gasteiger partial charge in [0.15, 0.2) is 0 Å². The van der Waals surface area contributed by atoms with E-state index in [4.69, 9.17) is 0 Å². The van der Waals surface area contributed by atoms with Crippen LogP contribution in [0.1, 0.15) is 21.5 Å². The number of nitrogens with one attached hydrogen (secondary N) is 1. The summed E-state index contributed by atoms with van der Waals surface area (Å²) in [6.07, 6.45) is 3.39. The van der Waals surface area contributed by atoms with Gasteiger partial charge in [-0.15, -0.1) is 0 Å². The number of anilines is 2. The van der Waals surface area contributed by atoms with E-state index in [1.54, 1.807) is 12.4 Å². The van der Waals surface area contributed by atoms with Gasteiger partial charge in [0.1, 0.15) is 0 Å². The Morgan fingerprint density at radius 3 is 2.29 bits per heavy atom. The summed E-state index contributed by atoms with van der Waals surface area (Å²) < 4.78 is 0. The SMILES string of the molecule is Cc1cc(C)cc(Nc2cncc(C(=O)N3CCN(C)CC3)c2)c1.